The second kappa shape index (κ2) is 7.86. The number of hydrogen-bond acceptors (Lipinski definition) is 3. The Hall–Kier alpha value is -3.97. The summed E-state index contributed by atoms with van der Waals surface area (Å²) in [5, 5.41) is 1.32. The Morgan fingerprint density at radius 3 is 2.36 bits per heavy atom. The molecule has 2 N–H and O–H groups in total. The van der Waals surface area contributed by atoms with E-state index in [2.05, 4.69) is 4.98 Å². The van der Waals surface area contributed by atoms with Gasteiger partial charge < -0.3 is 5.73 Å². The molecular formula is C26H18F3N3O. The molecular weight excluding hydrogens is 427 g/mol. The molecule has 0 spiro atoms. The molecule has 0 saturated heterocycles. The summed E-state index contributed by atoms with van der Waals surface area (Å²) in [4.78, 5) is 17.4. The fourth-order valence-electron chi connectivity index (χ4n) is 4.00. The molecule has 0 unspecified atom stereocenters. The molecule has 0 aliphatic rings. The van der Waals surface area contributed by atoms with Gasteiger partial charge in [-0.05, 0) is 53.1 Å². The SMILES string of the molecule is NCc1ccc(-c2ccc3ncc4ccc(=O)n(-c5cccc(C(F)(F)F)c5)c4c3c2)cc1. The Labute approximate surface area is 186 Å². The maximum absolute atomic E-state index is 13.3. The molecule has 0 saturated carbocycles. The third-order valence-electron chi connectivity index (χ3n) is 5.67. The summed E-state index contributed by atoms with van der Waals surface area (Å²) >= 11 is 0. The van der Waals surface area contributed by atoms with Crippen LogP contribution in [0.1, 0.15) is 11.1 Å². The van der Waals surface area contributed by atoms with Crippen LogP contribution in [0.15, 0.2) is 89.9 Å². The zero-order valence-electron chi connectivity index (χ0n) is 17.3. The minimum absolute atomic E-state index is 0.144. The third-order valence-corrected chi connectivity index (χ3v) is 5.67. The Morgan fingerprint density at radius 2 is 1.64 bits per heavy atom. The van der Waals surface area contributed by atoms with Crippen molar-refractivity contribution in [2.75, 3.05) is 0 Å². The first-order valence-corrected chi connectivity index (χ1v) is 10.3. The molecule has 2 heterocycles. The highest BCUT2D eigenvalue weighted by Crippen LogP contribution is 2.32. The smallest absolute Gasteiger partial charge is 0.326 e. The van der Waals surface area contributed by atoms with Crippen LogP contribution in [0.5, 0.6) is 0 Å². The topological polar surface area (TPSA) is 60.9 Å². The van der Waals surface area contributed by atoms with Crippen LogP contribution in [0.3, 0.4) is 0 Å². The summed E-state index contributed by atoms with van der Waals surface area (Å²) in [7, 11) is 0. The van der Waals surface area contributed by atoms with Crippen molar-refractivity contribution in [3.63, 3.8) is 0 Å². The molecule has 33 heavy (non-hydrogen) atoms. The minimum Gasteiger partial charge on any atom is -0.326 e. The number of nitrogens with zero attached hydrogens (tertiary/aromatic N) is 2. The highest BCUT2D eigenvalue weighted by Gasteiger charge is 2.30. The zero-order valence-corrected chi connectivity index (χ0v) is 17.3. The molecule has 0 bridgehead atoms. The van der Waals surface area contributed by atoms with Crippen LogP contribution in [0.4, 0.5) is 13.2 Å². The van der Waals surface area contributed by atoms with Gasteiger partial charge in [-0.3, -0.25) is 14.3 Å². The van der Waals surface area contributed by atoms with Crippen molar-refractivity contribution in [3.8, 4) is 16.8 Å². The number of alkyl halides is 3. The Kier molecular flexibility index (Phi) is 4.98. The van der Waals surface area contributed by atoms with Crippen molar-refractivity contribution in [2.24, 2.45) is 5.73 Å². The second-order valence-electron chi connectivity index (χ2n) is 7.75. The van der Waals surface area contributed by atoms with Crippen molar-refractivity contribution in [3.05, 3.63) is 107 Å². The first kappa shape index (κ1) is 20.9. The van der Waals surface area contributed by atoms with E-state index in [9.17, 15) is 18.0 Å². The van der Waals surface area contributed by atoms with Gasteiger partial charge in [0.05, 0.1) is 16.6 Å². The van der Waals surface area contributed by atoms with Gasteiger partial charge in [0.2, 0.25) is 0 Å². The van der Waals surface area contributed by atoms with Crippen LogP contribution in [0.25, 0.3) is 38.6 Å². The second-order valence-corrected chi connectivity index (χ2v) is 7.75. The highest BCUT2D eigenvalue weighted by atomic mass is 19.4. The van der Waals surface area contributed by atoms with Crippen molar-refractivity contribution >= 4 is 21.8 Å². The van der Waals surface area contributed by atoms with E-state index in [1.165, 1.54) is 22.8 Å². The Bertz CT molecular complexity index is 1550. The van der Waals surface area contributed by atoms with Gasteiger partial charge in [0.15, 0.2) is 0 Å². The summed E-state index contributed by atoms with van der Waals surface area (Å²) in [6, 6.07) is 21.2. The molecule has 0 radical (unpaired) electrons. The molecule has 3 aromatic carbocycles. The van der Waals surface area contributed by atoms with Crippen molar-refractivity contribution in [1.82, 2.24) is 9.55 Å². The molecule has 0 fully saturated rings. The molecule has 0 amide bonds. The van der Waals surface area contributed by atoms with Gasteiger partial charge in [0, 0.05) is 35.3 Å². The lowest BCUT2D eigenvalue weighted by Crippen LogP contribution is -2.18. The number of rotatable bonds is 3. The molecule has 4 nitrogen and oxygen atoms in total. The lowest BCUT2D eigenvalue weighted by atomic mass is 10.0. The van der Waals surface area contributed by atoms with Gasteiger partial charge in [-0.2, -0.15) is 13.2 Å². The monoisotopic (exact) mass is 445 g/mol. The molecule has 0 aliphatic carbocycles. The van der Waals surface area contributed by atoms with Crippen molar-refractivity contribution in [2.45, 2.75) is 12.7 Å². The number of nitrogens with two attached hydrogens (primary N) is 1. The summed E-state index contributed by atoms with van der Waals surface area (Å²) in [6.07, 6.45) is -2.90. The molecule has 164 valence electrons. The lowest BCUT2D eigenvalue weighted by Gasteiger charge is -2.15. The van der Waals surface area contributed by atoms with E-state index >= 15 is 0 Å². The van der Waals surface area contributed by atoms with E-state index in [0.717, 1.165) is 28.8 Å². The molecule has 2 aromatic heterocycles. The summed E-state index contributed by atoms with van der Waals surface area (Å²) in [6.45, 7) is 0.440. The van der Waals surface area contributed by atoms with Gasteiger partial charge >= 0.3 is 6.18 Å². The van der Waals surface area contributed by atoms with E-state index in [-0.39, 0.29) is 5.69 Å². The van der Waals surface area contributed by atoms with E-state index in [0.29, 0.717) is 28.4 Å². The average molecular weight is 445 g/mol. The van der Waals surface area contributed by atoms with Crippen LogP contribution in [0.2, 0.25) is 0 Å². The Morgan fingerprint density at radius 1 is 0.879 bits per heavy atom. The van der Waals surface area contributed by atoms with Crippen LogP contribution < -0.4 is 11.3 Å². The van der Waals surface area contributed by atoms with Crippen LogP contribution in [-0.4, -0.2) is 9.55 Å². The molecule has 5 rings (SSSR count). The van der Waals surface area contributed by atoms with Gasteiger partial charge in [-0.1, -0.05) is 36.4 Å². The first-order chi connectivity index (χ1) is 15.8. The van der Waals surface area contributed by atoms with Gasteiger partial charge in [-0.15, -0.1) is 0 Å². The first-order valence-electron chi connectivity index (χ1n) is 10.3. The number of aromatic nitrogens is 2. The largest absolute Gasteiger partial charge is 0.416 e. The maximum atomic E-state index is 13.3. The number of halogens is 3. The van der Waals surface area contributed by atoms with Crippen molar-refractivity contribution < 1.29 is 13.2 Å². The minimum atomic E-state index is -4.52. The quantitative estimate of drug-likeness (QED) is 0.363. The molecule has 0 atom stereocenters. The number of pyridine rings is 2. The average Bonchev–Trinajstić information content (AvgIpc) is 2.83. The van der Waals surface area contributed by atoms with Crippen LogP contribution in [-0.2, 0) is 12.7 Å². The fraction of sp³-hybridized carbons (Fsp3) is 0.0769. The predicted octanol–water partition coefficient (Wildman–Crippen LogP) is 5.68. The number of benzene rings is 3. The zero-order chi connectivity index (χ0) is 23.2. The summed E-state index contributed by atoms with van der Waals surface area (Å²) < 4.78 is 41.3. The van der Waals surface area contributed by atoms with Crippen LogP contribution in [0, 0.1) is 0 Å². The normalized spacial score (nSPS) is 11.9. The number of hydrogen-bond donors (Lipinski definition) is 1. The fourth-order valence-corrected chi connectivity index (χ4v) is 4.00. The van der Waals surface area contributed by atoms with Gasteiger partial charge in [0.1, 0.15) is 0 Å². The van der Waals surface area contributed by atoms with Crippen LogP contribution >= 0.6 is 0 Å². The standard InChI is InChI=1S/C26H18F3N3O/c27-26(28,29)20-2-1-3-21(13-20)32-24(33)11-9-19-15-31-23-10-8-18(12-22(23)25(19)32)17-6-4-16(14-30)5-7-17/h1-13,15H,14,30H2. The molecule has 5 aromatic rings. The highest BCUT2D eigenvalue weighted by molar-refractivity contribution is 6.05. The summed E-state index contributed by atoms with van der Waals surface area (Å²) in [5.41, 5.74) is 8.59. The maximum Gasteiger partial charge on any atom is 0.416 e. The van der Waals surface area contributed by atoms with E-state index in [4.69, 9.17) is 5.73 Å². The van der Waals surface area contributed by atoms with Gasteiger partial charge in [0.25, 0.3) is 5.56 Å². The van der Waals surface area contributed by atoms with Crippen molar-refractivity contribution in [1.29, 1.82) is 0 Å². The Balaban J connectivity index is 1.80. The molecule has 7 heteroatoms. The molecule has 0 aliphatic heterocycles. The predicted molar refractivity (Wildman–Crippen MR) is 123 cm³/mol. The number of fused-ring (bicyclic) bond motifs is 3. The van der Waals surface area contributed by atoms with E-state index < -0.39 is 17.3 Å². The van der Waals surface area contributed by atoms with E-state index in [1.54, 1.807) is 12.3 Å². The van der Waals surface area contributed by atoms with E-state index in [1.807, 2.05) is 42.5 Å². The third kappa shape index (κ3) is 3.76. The summed E-state index contributed by atoms with van der Waals surface area (Å²) in [5.74, 6) is 0. The van der Waals surface area contributed by atoms with Gasteiger partial charge in [-0.25, -0.2) is 0 Å². The lowest BCUT2D eigenvalue weighted by molar-refractivity contribution is -0.137.